The Morgan fingerprint density at radius 1 is 1.06 bits per heavy atom. The first-order valence-electron chi connectivity index (χ1n) is 5.77. The smallest absolute Gasteiger partial charge is 0.197 e. The van der Waals surface area contributed by atoms with Crippen molar-refractivity contribution < 1.29 is 4.79 Å². The number of rotatable bonds is 0. The molecule has 0 aromatic carbocycles. The zero-order valence-electron chi connectivity index (χ0n) is 11.3. The van der Waals surface area contributed by atoms with E-state index in [0.29, 0.717) is 0 Å². The first-order valence-corrected chi connectivity index (χ1v) is 6.58. The lowest BCUT2D eigenvalue weighted by Gasteiger charge is -2.36. The first kappa shape index (κ1) is 14.8. The number of hydrogen-bond donors (Lipinski definition) is 0. The second kappa shape index (κ2) is 4.44. The lowest BCUT2D eigenvalue weighted by atomic mass is 9.73. The number of ketones is 1. The van der Waals surface area contributed by atoms with E-state index in [0.717, 1.165) is 11.1 Å². The third kappa shape index (κ3) is 2.95. The standard InChI is InChI=1S/C14H20Cl2O/c1-13(2,3)8-7-9(17)12(16)10(11(8)15)14(4,5)6/h7,11H,1-6H3. The van der Waals surface area contributed by atoms with E-state index in [9.17, 15) is 4.79 Å². The fourth-order valence-corrected chi connectivity index (χ4v) is 3.31. The summed E-state index contributed by atoms with van der Waals surface area (Å²) in [5, 5.41) is -0.00861. The van der Waals surface area contributed by atoms with Crippen molar-refractivity contribution in [2.24, 2.45) is 10.8 Å². The van der Waals surface area contributed by atoms with Crippen LogP contribution in [0.1, 0.15) is 41.5 Å². The van der Waals surface area contributed by atoms with E-state index >= 15 is 0 Å². The van der Waals surface area contributed by atoms with Gasteiger partial charge in [0.2, 0.25) is 0 Å². The lowest BCUT2D eigenvalue weighted by molar-refractivity contribution is -0.111. The van der Waals surface area contributed by atoms with E-state index in [1.54, 1.807) is 6.08 Å². The summed E-state index contributed by atoms with van der Waals surface area (Å²) >= 11 is 12.6. The Labute approximate surface area is 114 Å². The summed E-state index contributed by atoms with van der Waals surface area (Å²) in [7, 11) is 0. The molecular weight excluding hydrogens is 255 g/mol. The second-order valence-corrected chi connectivity index (χ2v) is 7.37. The minimum atomic E-state index is -0.291. The van der Waals surface area contributed by atoms with Crippen molar-refractivity contribution in [1.82, 2.24) is 0 Å². The highest BCUT2D eigenvalue weighted by Crippen LogP contribution is 2.45. The number of alkyl halides is 1. The predicted octanol–water partition coefficient (Wildman–Crippen LogP) is 4.69. The Balaban J connectivity index is 3.34. The van der Waals surface area contributed by atoms with Gasteiger partial charge in [-0.3, -0.25) is 4.79 Å². The maximum absolute atomic E-state index is 11.9. The zero-order valence-corrected chi connectivity index (χ0v) is 12.8. The number of halogens is 2. The molecule has 0 amide bonds. The maximum Gasteiger partial charge on any atom is 0.197 e. The van der Waals surface area contributed by atoms with Crippen molar-refractivity contribution in [2.75, 3.05) is 0 Å². The highest BCUT2D eigenvalue weighted by atomic mass is 35.5. The van der Waals surface area contributed by atoms with Crippen LogP contribution < -0.4 is 0 Å². The minimum Gasteiger partial charge on any atom is -0.288 e. The van der Waals surface area contributed by atoms with Crippen LogP contribution in [0.5, 0.6) is 0 Å². The van der Waals surface area contributed by atoms with Gasteiger partial charge in [0.1, 0.15) is 0 Å². The summed E-state index contributed by atoms with van der Waals surface area (Å²) in [6, 6.07) is 0. The highest BCUT2D eigenvalue weighted by molar-refractivity contribution is 6.46. The topological polar surface area (TPSA) is 17.1 Å². The molecule has 0 heterocycles. The van der Waals surface area contributed by atoms with Crippen molar-refractivity contribution in [3.8, 4) is 0 Å². The van der Waals surface area contributed by atoms with Gasteiger partial charge < -0.3 is 0 Å². The van der Waals surface area contributed by atoms with E-state index < -0.39 is 0 Å². The monoisotopic (exact) mass is 274 g/mol. The van der Waals surface area contributed by atoms with Crippen LogP contribution in [0.4, 0.5) is 0 Å². The molecule has 0 saturated carbocycles. The number of carbonyl (C=O) groups is 1. The Bertz CT molecular complexity index is 403. The molecular formula is C14H20Cl2O. The molecule has 3 heteroatoms. The largest absolute Gasteiger partial charge is 0.288 e. The van der Waals surface area contributed by atoms with Crippen LogP contribution in [0.3, 0.4) is 0 Å². The van der Waals surface area contributed by atoms with Gasteiger partial charge in [-0.1, -0.05) is 53.1 Å². The van der Waals surface area contributed by atoms with E-state index in [1.165, 1.54) is 0 Å². The van der Waals surface area contributed by atoms with Crippen molar-refractivity contribution in [2.45, 2.75) is 46.9 Å². The van der Waals surface area contributed by atoms with Crippen LogP contribution in [0.25, 0.3) is 0 Å². The molecule has 17 heavy (non-hydrogen) atoms. The van der Waals surface area contributed by atoms with E-state index in [4.69, 9.17) is 23.2 Å². The molecule has 0 spiro atoms. The number of hydrogen-bond acceptors (Lipinski definition) is 1. The Morgan fingerprint density at radius 2 is 1.53 bits per heavy atom. The van der Waals surface area contributed by atoms with Gasteiger partial charge in [0.15, 0.2) is 5.78 Å². The summed E-state index contributed by atoms with van der Waals surface area (Å²) in [5.74, 6) is -0.126. The second-order valence-electron chi connectivity index (χ2n) is 6.55. The van der Waals surface area contributed by atoms with E-state index in [2.05, 4.69) is 20.8 Å². The van der Waals surface area contributed by atoms with Crippen LogP contribution in [0.15, 0.2) is 22.3 Å². The van der Waals surface area contributed by atoms with Gasteiger partial charge in [0, 0.05) is 0 Å². The summed E-state index contributed by atoms with van der Waals surface area (Å²) in [4.78, 5) is 11.9. The predicted molar refractivity (Wildman–Crippen MR) is 74.5 cm³/mol. The quantitative estimate of drug-likeness (QED) is 0.586. The summed E-state index contributed by atoms with van der Waals surface area (Å²) in [6.07, 6.45) is 1.59. The summed E-state index contributed by atoms with van der Waals surface area (Å²) < 4.78 is 0. The van der Waals surface area contributed by atoms with Crippen LogP contribution in [-0.4, -0.2) is 11.2 Å². The molecule has 1 aliphatic carbocycles. The summed E-state index contributed by atoms with van der Waals surface area (Å²) in [5.41, 5.74) is 1.44. The van der Waals surface area contributed by atoms with Crippen molar-refractivity contribution in [3.05, 3.63) is 22.3 Å². The number of allylic oxidation sites excluding steroid dienone is 4. The molecule has 1 unspecified atom stereocenters. The highest BCUT2D eigenvalue weighted by Gasteiger charge is 2.38. The van der Waals surface area contributed by atoms with Gasteiger partial charge in [-0.25, -0.2) is 0 Å². The average Bonchev–Trinajstić information content (AvgIpc) is 2.07. The van der Waals surface area contributed by atoms with Gasteiger partial charge in [-0.2, -0.15) is 0 Å². The average molecular weight is 275 g/mol. The summed E-state index contributed by atoms with van der Waals surface area (Å²) in [6.45, 7) is 12.2. The van der Waals surface area contributed by atoms with Crippen molar-refractivity contribution >= 4 is 29.0 Å². The molecule has 0 N–H and O–H groups in total. The molecule has 1 aliphatic rings. The molecule has 0 fully saturated rings. The molecule has 0 radical (unpaired) electrons. The molecule has 96 valence electrons. The molecule has 0 aromatic rings. The normalized spacial score (nSPS) is 22.9. The molecule has 1 rings (SSSR count). The van der Waals surface area contributed by atoms with Crippen molar-refractivity contribution in [3.63, 3.8) is 0 Å². The van der Waals surface area contributed by atoms with Gasteiger partial charge >= 0.3 is 0 Å². The third-order valence-electron chi connectivity index (χ3n) is 2.94. The lowest BCUT2D eigenvalue weighted by Crippen LogP contribution is -2.31. The number of carbonyl (C=O) groups excluding carboxylic acids is 1. The van der Waals surface area contributed by atoms with Crippen LogP contribution in [-0.2, 0) is 4.79 Å². The molecule has 0 aromatic heterocycles. The SMILES string of the molecule is CC(C)(C)C1=CC(=O)C(Cl)=C(C(C)(C)C)C1Cl. The fraction of sp³-hybridized carbons (Fsp3) is 0.643. The van der Waals surface area contributed by atoms with Gasteiger partial charge in [-0.05, 0) is 28.1 Å². The molecule has 0 bridgehead atoms. The third-order valence-corrected chi connectivity index (χ3v) is 3.78. The van der Waals surface area contributed by atoms with Crippen LogP contribution in [0, 0.1) is 10.8 Å². The van der Waals surface area contributed by atoms with Gasteiger partial charge in [0.05, 0.1) is 10.4 Å². The minimum absolute atomic E-state index is 0.126. The molecule has 1 nitrogen and oxygen atoms in total. The van der Waals surface area contributed by atoms with Crippen LogP contribution >= 0.6 is 23.2 Å². The first-order chi connectivity index (χ1) is 7.46. The fourth-order valence-electron chi connectivity index (χ4n) is 1.98. The maximum atomic E-state index is 11.9. The van der Waals surface area contributed by atoms with Gasteiger partial charge in [0.25, 0.3) is 0 Å². The Kier molecular flexibility index (Phi) is 3.86. The zero-order chi connectivity index (χ0) is 13.6. The van der Waals surface area contributed by atoms with E-state index in [1.807, 2.05) is 20.8 Å². The molecule has 1 atom stereocenters. The Morgan fingerprint density at radius 3 is 1.88 bits per heavy atom. The molecule has 0 saturated heterocycles. The molecule has 0 aliphatic heterocycles. The Hall–Kier alpha value is -0.270. The van der Waals surface area contributed by atoms with Gasteiger partial charge in [-0.15, -0.1) is 11.6 Å². The van der Waals surface area contributed by atoms with Crippen LogP contribution in [0.2, 0.25) is 0 Å². The van der Waals surface area contributed by atoms with Crippen molar-refractivity contribution in [1.29, 1.82) is 0 Å². The van der Waals surface area contributed by atoms with E-state index in [-0.39, 0.29) is 27.0 Å².